The molecule has 2 aromatic carbocycles. The number of aromatic nitrogens is 3. The number of aromatic amines is 1. The average molecular weight is 311 g/mol. The lowest BCUT2D eigenvalue weighted by atomic mass is 10.1. The molecule has 0 saturated carbocycles. The minimum Gasteiger partial charge on any atom is -0.478 e. The molecule has 6 heteroatoms. The number of hydrogen-bond acceptors (Lipinski definition) is 3. The molecule has 2 N–H and O–H groups in total. The largest absolute Gasteiger partial charge is 0.478 e. The molecule has 1 aromatic heterocycles. The Bertz CT molecular complexity index is 912. The molecule has 0 atom stereocenters. The fourth-order valence-corrected chi connectivity index (χ4v) is 2.53. The summed E-state index contributed by atoms with van der Waals surface area (Å²) in [6.45, 7) is 2.00. The van der Waals surface area contributed by atoms with E-state index in [4.69, 9.17) is 17.3 Å². The van der Waals surface area contributed by atoms with Gasteiger partial charge in [-0.25, -0.2) is 4.79 Å². The molecule has 22 heavy (non-hydrogen) atoms. The molecule has 5 nitrogen and oxygen atoms in total. The fraction of sp³-hybridized carbons (Fsp3) is 0.0625. The third-order valence-electron chi connectivity index (χ3n) is 3.30. The Morgan fingerprint density at radius 2 is 2.00 bits per heavy atom. The number of aryl methyl sites for hydroxylation is 1. The number of nitrogens with one attached hydrogen (secondary N) is 1. The maximum absolute atomic E-state index is 11.1. The summed E-state index contributed by atoms with van der Waals surface area (Å²) in [7, 11) is 0. The number of H-pyrrole nitrogens is 1. The van der Waals surface area contributed by atoms with Crippen molar-refractivity contribution < 1.29 is 9.90 Å². The second-order valence-corrected chi connectivity index (χ2v) is 5.30. The van der Waals surface area contributed by atoms with E-state index in [-0.39, 0.29) is 5.56 Å². The van der Waals surface area contributed by atoms with E-state index in [1.54, 1.807) is 28.8 Å². The van der Waals surface area contributed by atoms with Crippen LogP contribution in [0.2, 0.25) is 0 Å². The van der Waals surface area contributed by atoms with Gasteiger partial charge in [0.2, 0.25) is 0 Å². The quantitative estimate of drug-likeness (QED) is 0.725. The van der Waals surface area contributed by atoms with Gasteiger partial charge in [0, 0.05) is 5.56 Å². The zero-order chi connectivity index (χ0) is 15.7. The molecule has 0 spiro atoms. The van der Waals surface area contributed by atoms with Crippen molar-refractivity contribution >= 4 is 18.2 Å². The van der Waals surface area contributed by atoms with Gasteiger partial charge >= 0.3 is 5.97 Å². The van der Waals surface area contributed by atoms with Crippen LogP contribution in [0.1, 0.15) is 15.9 Å². The molecule has 0 amide bonds. The molecule has 0 fully saturated rings. The predicted octanol–water partition coefficient (Wildman–Crippen LogP) is 3.60. The Balaban J connectivity index is 2.20. The van der Waals surface area contributed by atoms with Crippen LogP contribution in [0, 0.1) is 11.7 Å². The maximum Gasteiger partial charge on any atom is 0.335 e. The minimum atomic E-state index is -0.978. The fourth-order valence-electron chi connectivity index (χ4n) is 2.29. The summed E-state index contributed by atoms with van der Waals surface area (Å²) in [4.78, 5) is 11.1. The molecule has 0 bridgehead atoms. The van der Waals surface area contributed by atoms with Gasteiger partial charge in [0.05, 0.1) is 11.3 Å². The van der Waals surface area contributed by atoms with Crippen LogP contribution in [0.5, 0.6) is 0 Å². The van der Waals surface area contributed by atoms with Crippen LogP contribution in [0.15, 0.2) is 48.5 Å². The van der Waals surface area contributed by atoms with Crippen molar-refractivity contribution in [1.82, 2.24) is 14.8 Å². The topological polar surface area (TPSA) is 70.9 Å². The molecule has 1 heterocycles. The first kappa shape index (κ1) is 14.2. The molecule has 0 aliphatic heterocycles. The lowest BCUT2D eigenvalue weighted by Crippen LogP contribution is -2.01. The highest BCUT2D eigenvalue weighted by atomic mass is 32.1. The summed E-state index contributed by atoms with van der Waals surface area (Å²) >= 11 is 5.29. The van der Waals surface area contributed by atoms with Crippen molar-refractivity contribution in [1.29, 1.82) is 0 Å². The number of carboxylic acids is 1. The van der Waals surface area contributed by atoms with Gasteiger partial charge in [0.1, 0.15) is 0 Å². The van der Waals surface area contributed by atoms with E-state index in [0.717, 1.165) is 11.1 Å². The first-order chi connectivity index (χ1) is 10.6. The van der Waals surface area contributed by atoms with Crippen molar-refractivity contribution in [3.05, 3.63) is 64.4 Å². The van der Waals surface area contributed by atoms with Crippen molar-refractivity contribution in [3.8, 4) is 17.1 Å². The van der Waals surface area contributed by atoms with Gasteiger partial charge in [-0.05, 0) is 43.4 Å². The smallest absolute Gasteiger partial charge is 0.335 e. The third kappa shape index (κ3) is 2.56. The summed E-state index contributed by atoms with van der Waals surface area (Å²) in [6.07, 6.45) is 0. The zero-order valence-corrected chi connectivity index (χ0v) is 12.6. The summed E-state index contributed by atoms with van der Waals surface area (Å²) in [5.74, 6) is -0.329. The number of nitrogens with zero attached hydrogens (tertiary/aromatic N) is 2. The van der Waals surface area contributed by atoms with Crippen LogP contribution in [-0.4, -0.2) is 25.8 Å². The Morgan fingerprint density at radius 1 is 1.23 bits per heavy atom. The van der Waals surface area contributed by atoms with E-state index in [1.165, 1.54) is 0 Å². The Morgan fingerprint density at radius 3 is 2.73 bits per heavy atom. The zero-order valence-electron chi connectivity index (χ0n) is 11.8. The molecular weight excluding hydrogens is 298 g/mol. The molecule has 3 rings (SSSR count). The predicted molar refractivity (Wildman–Crippen MR) is 85.9 cm³/mol. The van der Waals surface area contributed by atoms with Crippen LogP contribution in [0.4, 0.5) is 0 Å². The van der Waals surface area contributed by atoms with Crippen molar-refractivity contribution in [2.45, 2.75) is 6.92 Å². The summed E-state index contributed by atoms with van der Waals surface area (Å²) in [6, 6.07) is 14.5. The Kier molecular flexibility index (Phi) is 3.60. The number of carbonyl (C=O) groups is 1. The second-order valence-electron chi connectivity index (χ2n) is 4.91. The molecule has 0 aliphatic carbocycles. The van der Waals surface area contributed by atoms with E-state index in [1.807, 2.05) is 31.2 Å². The minimum absolute atomic E-state index is 0.204. The van der Waals surface area contributed by atoms with Gasteiger partial charge in [0.15, 0.2) is 10.6 Å². The highest BCUT2D eigenvalue weighted by molar-refractivity contribution is 7.71. The monoisotopic (exact) mass is 311 g/mol. The van der Waals surface area contributed by atoms with Gasteiger partial charge < -0.3 is 5.11 Å². The second kappa shape index (κ2) is 5.57. The van der Waals surface area contributed by atoms with Gasteiger partial charge in [-0.1, -0.05) is 29.8 Å². The maximum atomic E-state index is 11.1. The molecule has 3 aromatic rings. The van der Waals surface area contributed by atoms with Crippen LogP contribution < -0.4 is 0 Å². The van der Waals surface area contributed by atoms with Crippen LogP contribution in [-0.2, 0) is 0 Å². The van der Waals surface area contributed by atoms with E-state index >= 15 is 0 Å². The van der Waals surface area contributed by atoms with Gasteiger partial charge in [-0.3, -0.25) is 9.67 Å². The molecule has 0 unspecified atom stereocenters. The van der Waals surface area contributed by atoms with Gasteiger partial charge in [0.25, 0.3) is 0 Å². The lowest BCUT2D eigenvalue weighted by Gasteiger charge is -2.08. The van der Waals surface area contributed by atoms with Crippen LogP contribution in [0.3, 0.4) is 0 Å². The van der Waals surface area contributed by atoms with Gasteiger partial charge in [-0.2, -0.15) is 5.10 Å². The van der Waals surface area contributed by atoms with E-state index in [2.05, 4.69) is 10.2 Å². The third-order valence-corrected chi connectivity index (χ3v) is 3.57. The van der Waals surface area contributed by atoms with E-state index < -0.39 is 5.97 Å². The molecule has 0 saturated heterocycles. The Labute approximate surface area is 131 Å². The van der Waals surface area contributed by atoms with Crippen LogP contribution in [0.25, 0.3) is 17.1 Å². The highest BCUT2D eigenvalue weighted by Crippen LogP contribution is 2.22. The number of benzene rings is 2. The SMILES string of the molecule is Cc1cccc(-c2n[nH]c(=S)n2-c2cccc(C(=O)O)c2)c1. The van der Waals surface area contributed by atoms with Crippen molar-refractivity contribution in [2.75, 3.05) is 0 Å². The highest BCUT2D eigenvalue weighted by Gasteiger charge is 2.12. The van der Waals surface area contributed by atoms with Crippen LogP contribution >= 0.6 is 12.2 Å². The first-order valence-corrected chi connectivity index (χ1v) is 7.05. The standard InChI is InChI=1S/C16H13N3O2S/c1-10-4-2-5-11(8-10)14-17-18-16(22)19(14)13-7-3-6-12(9-13)15(20)21/h2-9H,1H3,(H,18,22)(H,20,21). The average Bonchev–Trinajstić information content (AvgIpc) is 2.89. The summed E-state index contributed by atoms with van der Waals surface area (Å²) in [5, 5.41) is 16.2. The molecule has 0 aliphatic rings. The summed E-state index contributed by atoms with van der Waals surface area (Å²) < 4.78 is 2.15. The normalized spacial score (nSPS) is 10.6. The van der Waals surface area contributed by atoms with E-state index in [9.17, 15) is 4.79 Å². The Hall–Kier alpha value is -2.73. The number of aromatic carboxylic acids is 1. The lowest BCUT2D eigenvalue weighted by molar-refractivity contribution is 0.0697. The molecule has 110 valence electrons. The first-order valence-electron chi connectivity index (χ1n) is 6.64. The molecular formula is C16H13N3O2S. The van der Waals surface area contributed by atoms with Crippen molar-refractivity contribution in [2.24, 2.45) is 0 Å². The number of hydrogen-bond donors (Lipinski definition) is 2. The molecule has 0 radical (unpaired) electrons. The van der Waals surface area contributed by atoms with Crippen molar-refractivity contribution in [3.63, 3.8) is 0 Å². The number of rotatable bonds is 3. The summed E-state index contributed by atoms with van der Waals surface area (Å²) in [5.41, 5.74) is 2.89. The van der Waals surface area contributed by atoms with Gasteiger partial charge in [-0.15, -0.1) is 0 Å². The van der Waals surface area contributed by atoms with E-state index in [0.29, 0.717) is 16.3 Å². The number of carboxylic acid groups (broad SMARTS) is 1.